The number of amides is 1. The van der Waals surface area contributed by atoms with Gasteiger partial charge in [0.25, 0.3) is 0 Å². The van der Waals surface area contributed by atoms with Crippen LogP contribution in [0.4, 0.5) is 16.2 Å². The van der Waals surface area contributed by atoms with E-state index in [0.717, 1.165) is 0 Å². The first-order chi connectivity index (χ1) is 5.61. The number of nitrogens with one attached hydrogen (secondary N) is 1. The monoisotopic (exact) mass is 167 g/mol. The van der Waals surface area contributed by atoms with Crippen LogP contribution >= 0.6 is 0 Å². The number of nitrogen functional groups attached to an aromatic ring is 1. The Balaban J connectivity index is 3.00. The highest BCUT2D eigenvalue weighted by molar-refractivity contribution is 5.86. The lowest BCUT2D eigenvalue weighted by Gasteiger charge is -2.14. The molecule has 4 N–H and O–H groups in total. The molecule has 0 fully saturated rings. The van der Waals surface area contributed by atoms with E-state index in [2.05, 4.69) is 0 Å². The molecule has 1 amide bonds. The summed E-state index contributed by atoms with van der Waals surface area (Å²) in [6, 6.07) is 4.27. The van der Waals surface area contributed by atoms with E-state index >= 15 is 0 Å². The molecule has 0 aliphatic heterocycles. The number of carbonyl (C=O) groups is 1. The van der Waals surface area contributed by atoms with Crippen LogP contribution in [-0.4, -0.2) is 11.2 Å². The zero-order valence-corrected chi connectivity index (χ0v) is 6.07. The maximum absolute atomic E-state index is 11.1. The van der Waals surface area contributed by atoms with Crippen LogP contribution in [-0.2, 0) is 0 Å². The molecule has 0 radical (unpaired) electrons. The van der Waals surface area contributed by atoms with Crippen LogP contribution in [0.15, 0.2) is 18.2 Å². The topological polar surface area (TPSA) is 98.4 Å². The molecular weight excluding hydrogens is 160 g/mol. The fourth-order valence-corrected chi connectivity index (χ4v) is 0.769. The number of rotatable bonds is 1. The molecule has 5 nitrogen and oxygen atoms in total. The maximum atomic E-state index is 11.1. The minimum atomic E-state index is -1.28. The van der Waals surface area contributed by atoms with Crippen molar-refractivity contribution in [1.82, 2.24) is 0 Å². The Kier molecular flexibility index (Phi) is 2.05. The second-order valence-corrected chi connectivity index (χ2v) is 2.15. The second kappa shape index (κ2) is 3.00. The molecule has 0 heterocycles. The van der Waals surface area contributed by atoms with Gasteiger partial charge in [0.05, 0.1) is 0 Å². The largest absolute Gasteiger partial charge is 0.870 e. The molecule has 1 aromatic rings. The van der Waals surface area contributed by atoms with E-state index in [-0.39, 0.29) is 11.4 Å². The van der Waals surface area contributed by atoms with E-state index in [9.17, 15) is 9.90 Å². The molecule has 64 valence electrons. The maximum Gasteiger partial charge on any atom is 0.409 e. The van der Waals surface area contributed by atoms with Gasteiger partial charge in [-0.3, -0.25) is 5.32 Å². The van der Waals surface area contributed by atoms with Crippen LogP contribution < -0.4 is 16.2 Å². The fourth-order valence-electron chi connectivity index (χ4n) is 0.769. The number of para-hydroxylation sites is 1. The summed E-state index contributed by atoms with van der Waals surface area (Å²) in [5.74, 6) is -0.500. The second-order valence-electron chi connectivity index (χ2n) is 2.15. The molecule has 0 saturated carbocycles. The van der Waals surface area contributed by atoms with Gasteiger partial charge in [-0.05, 0) is 12.1 Å². The lowest BCUT2D eigenvalue weighted by atomic mass is 10.2. The molecule has 0 bridgehead atoms. The average Bonchev–Trinajstić information content (AvgIpc) is 1.98. The van der Waals surface area contributed by atoms with Crippen molar-refractivity contribution >= 4 is 17.5 Å². The van der Waals surface area contributed by atoms with Crippen molar-refractivity contribution in [3.63, 3.8) is 0 Å². The van der Waals surface area contributed by atoms with Crippen LogP contribution in [0.25, 0.3) is 0 Å². The van der Waals surface area contributed by atoms with Gasteiger partial charge in [0.2, 0.25) is 0 Å². The van der Waals surface area contributed by atoms with Gasteiger partial charge in [0.15, 0.2) is 0 Å². The standard InChI is InChI=1S/C7H8N2O3/c8-4-2-1-3-5(6(4)10)9-7(11)12/h1-3,9-10H,8H2,(H,11,12)/p-1. The zero-order chi connectivity index (χ0) is 9.14. The minimum absolute atomic E-state index is 0.0255. The third-order valence-electron chi connectivity index (χ3n) is 1.29. The number of nitrogens with two attached hydrogens (primary N) is 1. The molecule has 1 aromatic carbocycles. The summed E-state index contributed by atoms with van der Waals surface area (Å²) in [5, 5.41) is 21.3. The molecule has 0 aliphatic rings. The van der Waals surface area contributed by atoms with Crippen molar-refractivity contribution in [2.24, 2.45) is 0 Å². The van der Waals surface area contributed by atoms with Gasteiger partial charge in [0.1, 0.15) is 0 Å². The molecule has 0 aliphatic carbocycles. The summed E-state index contributed by atoms with van der Waals surface area (Å²) in [6.45, 7) is 0. The van der Waals surface area contributed by atoms with Gasteiger partial charge in [-0.1, -0.05) is 11.8 Å². The molecule has 1 rings (SSSR count). The van der Waals surface area contributed by atoms with Gasteiger partial charge < -0.3 is 15.9 Å². The van der Waals surface area contributed by atoms with Gasteiger partial charge in [-0.2, -0.15) is 0 Å². The lowest BCUT2D eigenvalue weighted by Crippen LogP contribution is -2.10. The predicted octanol–water partition coefficient (Wildman–Crippen LogP) is 0.432. The summed E-state index contributed by atoms with van der Waals surface area (Å²) >= 11 is 0. The molecule has 5 heteroatoms. The van der Waals surface area contributed by atoms with Crippen molar-refractivity contribution in [3.8, 4) is 5.75 Å². The smallest absolute Gasteiger partial charge is 0.409 e. The molecule has 12 heavy (non-hydrogen) atoms. The van der Waals surface area contributed by atoms with Crippen LogP contribution in [0.5, 0.6) is 5.75 Å². The first-order valence-corrected chi connectivity index (χ1v) is 3.16. The number of benzene rings is 1. The summed E-state index contributed by atoms with van der Waals surface area (Å²) in [6.07, 6.45) is -1.28. The van der Waals surface area contributed by atoms with Crippen LogP contribution in [0.3, 0.4) is 0 Å². The highest BCUT2D eigenvalue weighted by Gasteiger charge is 1.99. The van der Waals surface area contributed by atoms with Crippen molar-refractivity contribution in [2.75, 3.05) is 11.1 Å². The first-order valence-electron chi connectivity index (χ1n) is 3.16. The summed E-state index contributed by atoms with van der Waals surface area (Å²) in [4.78, 5) is 10.1. The summed E-state index contributed by atoms with van der Waals surface area (Å²) in [7, 11) is 0. The third kappa shape index (κ3) is 1.57. The van der Waals surface area contributed by atoms with Crippen LogP contribution in [0, 0.1) is 0 Å². The van der Waals surface area contributed by atoms with Crippen LogP contribution in [0.1, 0.15) is 0 Å². The highest BCUT2D eigenvalue weighted by Crippen LogP contribution is 2.25. The van der Waals surface area contributed by atoms with Gasteiger partial charge in [0, 0.05) is 11.4 Å². The molecule has 0 unspecified atom stereocenters. The number of hydrogen-bond donors (Lipinski definition) is 3. The molecule has 0 saturated heterocycles. The Morgan fingerprint density at radius 2 is 2.25 bits per heavy atom. The average molecular weight is 167 g/mol. The van der Waals surface area contributed by atoms with E-state index in [1.807, 2.05) is 5.32 Å². The Morgan fingerprint density at radius 1 is 1.58 bits per heavy atom. The quantitative estimate of drug-likeness (QED) is 0.528. The Morgan fingerprint density at radius 3 is 2.83 bits per heavy atom. The van der Waals surface area contributed by atoms with E-state index < -0.39 is 11.8 Å². The van der Waals surface area contributed by atoms with E-state index in [0.29, 0.717) is 0 Å². The van der Waals surface area contributed by atoms with E-state index in [1.54, 1.807) is 0 Å². The molecule has 0 atom stereocenters. The Bertz CT molecular complexity index is 312. The van der Waals surface area contributed by atoms with Gasteiger partial charge in [-0.25, -0.2) is 4.79 Å². The summed E-state index contributed by atoms with van der Waals surface area (Å²) in [5.41, 5.74) is 5.25. The number of carboxylic acid groups (broad SMARTS) is 1. The van der Waals surface area contributed by atoms with Crippen LogP contribution in [0.2, 0.25) is 0 Å². The Labute approximate surface area is 68.4 Å². The predicted molar refractivity (Wildman–Crippen MR) is 41.9 cm³/mol. The van der Waals surface area contributed by atoms with Gasteiger partial charge in [-0.15, -0.1) is 0 Å². The third-order valence-corrected chi connectivity index (χ3v) is 1.29. The van der Waals surface area contributed by atoms with Crippen molar-refractivity contribution in [2.45, 2.75) is 0 Å². The van der Waals surface area contributed by atoms with Crippen molar-refractivity contribution < 1.29 is 15.0 Å². The number of hydrogen-bond acceptors (Lipinski definition) is 3. The fraction of sp³-hybridized carbons (Fsp3) is 0. The minimum Gasteiger partial charge on any atom is -0.870 e. The molecular formula is C7H7N2O3-. The summed E-state index contributed by atoms with van der Waals surface area (Å²) < 4.78 is 0. The van der Waals surface area contributed by atoms with E-state index in [1.165, 1.54) is 18.2 Å². The highest BCUT2D eigenvalue weighted by atomic mass is 16.4. The van der Waals surface area contributed by atoms with Gasteiger partial charge >= 0.3 is 6.09 Å². The number of anilines is 2. The first kappa shape index (κ1) is 8.19. The van der Waals surface area contributed by atoms with Crippen molar-refractivity contribution in [1.29, 1.82) is 0 Å². The Hall–Kier alpha value is -1.91. The molecule has 0 aromatic heterocycles. The SMILES string of the molecule is Nc1cccc(NC(=O)O)c1[O-]. The van der Waals surface area contributed by atoms with Crippen molar-refractivity contribution in [3.05, 3.63) is 18.2 Å². The lowest BCUT2D eigenvalue weighted by molar-refractivity contribution is -0.265. The molecule has 0 spiro atoms. The van der Waals surface area contributed by atoms with E-state index in [4.69, 9.17) is 10.8 Å². The zero-order valence-electron chi connectivity index (χ0n) is 6.07. The normalized spacial score (nSPS) is 9.33.